The van der Waals surface area contributed by atoms with Gasteiger partial charge < -0.3 is 16.8 Å². The molecule has 0 atom stereocenters. The molecule has 23 heavy (non-hydrogen) atoms. The minimum absolute atomic E-state index is 0.164. The van der Waals surface area contributed by atoms with Gasteiger partial charge in [0.2, 0.25) is 5.91 Å². The summed E-state index contributed by atoms with van der Waals surface area (Å²) in [5, 5.41) is 5.48. The molecule has 0 aliphatic rings. The first kappa shape index (κ1) is 15.1. The van der Waals surface area contributed by atoms with Gasteiger partial charge in [0, 0.05) is 46.2 Å². The summed E-state index contributed by atoms with van der Waals surface area (Å²) in [5.41, 5.74) is 15.5. The third-order valence-corrected chi connectivity index (χ3v) is 4.54. The minimum atomic E-state index is -0.164. The summed E-state index contributed by atoms with van der Waals surface area (Å²) in [6.07, 6.45) is 4.90. The first-order valence-electron chi connectivity index (χ1n) is 7.01. The van der Waals surface area contributed by atoms with Crippen molar-refractivity contribution in [2.75, 3.05) is 18.5 Å². The molecule has 0 unspecified atom stereocenters. The minimum Gasteiger partial charge on any atom is -0.399 e. The zero-order valence-electron chi connectivity index (χ0n) is 12.5. The summed E-state index contributed by atoms with van der Waals surface area (Å²) in [5.74, 6) is 0.304. The van der Waals surface area contributed by atoms with Crippen molar-refractivity contribution < 1.29 is 4.79 Å². The van der Waals surface area contributed by atoms with Crippen molar-refractivity contribution in [2.24, 2.45) is 0 Å². The Kier molecular flexibility index (Phi) is 3.99. The van der Waals surface area contributed by atoms with Gasteiger partial charge in [0.25, 0.3) is 0 Å². The maximum absolute atomic E-state index is 11.4. The van der Waals surface area contributed by atoms with E-state index in [0.717, 1.165) is 26.8 Å². The number of benzene rings is 1. The second-order valence-corrected chi connectivity index (χ2v) is 5.90. The molecule has 0 fully saturated rings. The molecule has 3 aromatic rings. The highest BCUT2D eigenvalue weighted by Gasteiger charge is 2.13. The number of carbonyl (C=O) groups is 1. The van der Waals surface area contributed by atoms with Crippen LogP contribution in [0.1, 0.15) is 5.56 Å². The van der Waals surface area contributed by atoms with Crippen LogP contribution in [-0.2, 0) is 4.79 Å². The van der Waals surface area contributed by atoms with Gasteiger partial charge in [-0.1, -0.05) is 12.1 Å². The Hall–Kier alpha value is -2.86. The highest BCUT2D eigenvalue weighted by molar-refractivity contribution is 7.18. The molecule has 5 nitrogen and oxygen atoms in total. The Morgan fingerprint density at radius 3 is 2.91 bits per heavy atom. The van der Waals surface area contributed by atoms with E-state index in [1.165, 1.54) is 6.08 Å². The third-order valence-electron chi connectivity index (χ3n) is 3.51. The van der Waals surface area contributed by atoms with Crippen LogP contribution in [0.3, 0.4) is 0 Å². The lowest BCUT2D eigenvalue weighted by atomic mass is 10.0. The molecule has 0 spiro atoms. The van der Waals surface area contributed by atoms with Crippen molar-refractivity contribution in [3.63, 3.8) is 0 Å². The number of nitrogens with one attached hydrogen (secondary N) is 1. The van der Waals surface area contributed by atoms with Gasteiger partial charge in [0.05, 0.1) is 0 Å². The number of likely N-dealkylation sites (N-methyl/N-ethyl adjacent to an activating group) is 1. The van der Waals surface area contributed by atoms with Crippen LogP contribution in [-0.4, -0.2) is 17.9 Å². The van der Waals surface area contributed by atoms with E-state index in [-0.39, 0.29) is 5.91 Å². The number of nitrogen functional groups attached to an aromatic ring is 2. The normalized spacial score (nSPS) is 11.2. The number of rotatable bonds is 3. The average molecular weight is 324 g/mol. The highest BCUT2D eigenvalue weighted by atomic mass is 32.1. The van der Waals surface area contributed by atoms with Gasteiger partial charge in [-0.3, -0.25) is 4.79 Å². The van der Waals surface area contributed by atoms with Crippen molar-refractivity contribution in [3.05, 3.63) is 47.5 Å². The van der Waals surface area contributed by atoms with Gasteiger partial charge in [-0.15, -0.1) is 11.3 Å². The fourth-order valence-corrected chi connectivity index (χ4v) is 3.45. The molecule has 0 aliphatic heterocycles. The molecule has 1 aromatic carbocycles. The molecule has 6 heteroatoms. The Bertz CT molecular complexity index is 914. The Morgan fingerprint density at radius 2 is 2.17 bits per heavy atom. The summed E-state index contributed by atoms with van der Waals surface area (Å²) >= 11 is 1.57. The van der Waals surface area contributed by atoms with Crippen molar-refractivity contribution in [1.29, 1.82) is 0 Å². The van der Waals surface area contributed by atoms with Crippen LogP contribution in [0.2, 0.25) is 0 Å². The molecule has 1 amide bonds. The van der Waals surface area contributed by atoms with E-state index < -0.39 is 0 Å². The van der Waals surface area contributed by atoms with Crippen molar-refractivity contribution in [3.8, 4) is 11.1 Å². The highest BCUT2D eigenvalue weighted by Crippen LogP contribution is 2.39. The standard InChI is InChI=1S/C17H16N4OS/c1-20-14(22)6-5-11-8-21-17(19)15-13(9-23-16(11)15)10-3-2-4-12(18)7-10/h2-9H,18H2,1H3,(H2,19,21)(H,20,22). The van der Waals surface area contributed by atoms with Crippen LogP contribution in [0.5, 0.6) is 0 Å². The van der Waals surface area contributed by atoms with E-state index in [2.05, 4.69) is 10.3 Å². The monoisotopic (exact) mass is 324 g/mol. The first-order valence-corrected chi connectivity index (χ1v) is 7.89. The van der Waals surface area contributed by atoms with Gasteiger partial charge in [-0.25, -0.2) is 4.98 Å². The van der Waals surface area contributed by atoms with E-state index in [1.54, 1.807) is 30.7 Å². The van der Waals surface area contributed by atoms with Gasteiger partial charge in [0.1, 0.15) is 5.82 Å². The molecule has 0 saturated heterocycles. The molecule has 2 heterocycles. The van der Waals surface area contributed by atoms with Crippen LogP contribution in [0.4, 0.5) is 11.5 Å². The number of nitrogens with two attached hydrogens (primary N) is 2. The lowest BCUT2D eigenvalue weighted by molar-refractivity contribution is -0.115. The average Bonchev–Trinajstić information content (AvgIpc) is 3.00. The SMILES string of the molecule is CNC(=O)C=Cc1cnc(N)c2c(-c3cccc(N)c3)csc12. The van der Waals surface area contributed by atoms with Crippen molar-refractivity contribution in [2.45, 2.75) is 0 Å². The van der Waals surface area contributed by atoms with Crippen molar-refractivity contribution in [1.82, 2.24) is 10.3 Å². The Morgan fingerprint density at radius 1 is 1.35 bits per heavy atom. The van der Waals surface area contributed by atoms with Crippen LogP contribution in [0, 0.1) is 0 Å². The molecule has 0 bridgehead atoms. The number of anilines is 2. The summed E-state index contributed by atoms with van der Waals surface area (Å²) in [6, 6.07) is 7.66. The van der Waals surface area contributed by atoms with Crippen LogP contribution < -0.4 is 16.8 Å². The van der Waals surface area contributed by atoms with E-state index >= 15 is 0 Å². The number of thiophene rings is 1. The predicted octanol–water partition coefficient (Wildman–Crippen LogP) is 2.89. The van der Waals surface area contributed by atoms with Gasteiger partial charge in [-0.05, 0) is 29.2 Å². The van der Waals surface area contributed by atoms with Crippen molar-refractivity contribution >= 4 is 44.9 Å². The lowest BCUT2D eigenvalue weighted by Crippen LogP contribution is -2.13. The van der Waals surface area contributed by atoms with Gasteiger partial charge in [0.15, 0.2) is 0 Å². The van der Waals surface area contributed by atoms with Gasteiger partial charge >= 0.3 is 0 Å². The number of amides is 1. The van der Waals surface area contributed by atoms with E-state index in [9.17, 15) is 4.79 Å². The molecule has 5 N–H and O–H groups in total. The maximum atomic E-state index is 11.4. The first-order chi connectivity index (χ1) is 11.1. The number of pyridine rings is 1. The van der Waals surface area contributed by atoms with Crippen LogP contribution >= 0.6 is 11.3 Å². The maximum Gasteiger partial charge on any atom is 0.243 e. The second kappa shape index (κ2) is 6.10. The molecule has 2 aromatic heterocycles. The number of nitrogens with zero attached hydrogens (tertiary/aromatic N) is 1. The molecule has 0 saturated carbocycles. The fraction of sp³-hybridized carbons (Fsp3) is 0.0588. The molecule has 3 rings (SSSR count). The molecule has 116 valence electrons. The molecular formula is C17H16N4OS. The molecule has 0 radical (unpaired) electrons. The summed E-state index contributed by atoms with van der Waals surface area (Å²) in [6.45, 7) is 0. The summed E-state index contributed by atoms with van der Waals surface area (Å²) in [7, 11) is 1.59. The van der Waals surface area contributed by atoms with E-state index in [4.69, 9.17) is 11.5 Å². The zero-order valence-corrected chi connectivity index (χ0v) is 13.4. The van der Waals surface area contributed by atoms with Crippen LogP contribution in [0.25, 0.3) is 27.3 Å². The number of fused-ring (bicyclic) bond motifs is 1. The Labute approximate surface area is 137 Å². The Balaban J connectivity index is 2.16. The zero-order chi connectivity index (χ0) is 16.4. The quantitative estimate of drug-likeness (QED) is 0.510. The molecule has 0 aliphatic carbocycles. The number of aromatic nitrogens is 1. The second-order valence-electron chi connectivity index (χ2n) is 5.03. The topological polar surface area (TPSA) is 94.0 Å². The fourth-order valence-electron chi connectivity index (χ4n) is 2.37. The summed E-state index contributed by atoms with van der Waals surface area (Å²) in [4.78, 5) is 15.7. The lowest BCUT2D eigenvalue weighted by Gasteiger charge is -2.05. The van der Waals surface area contributed by atoms with E-state index in [1.807, 2.05) is 29.6 Å². The van der Waals surface area contributed by atoms with E-state index in [0.29, 0.717) is 11.5 Å². The number of carbonyl (C=O) groups excluding carboxylic acids is 1. The number of hydrogen-bond acceptors (Lipinski definition) is 5. The largest absolute Gasteiger partial charge is 0.399 e. The summed E-state index contributed by atoms with van der Waals surface area (Å²) < 4.78 is 0.995. The number of hydrogen-bond donors (Lipinski definition) is 3. The van der Waals surface area contributed by atoms with Crippen LogP contribution in [0.15, 0.2) is 41.9 Å². The smallest absolute Gasteiger partial charge is 0.243 e. The molecular weight excluding hydrogens is 308 g/mol. The third kappa shape index (κ3) is 2.89. The predicted molar refractivity (Wildman–Crippen MR) is 97.0 cm³/mol. The van der Waals surface area contributed by atoms with Gasteiger partial charge in [-0.2, -0.15) is 0 Å².